The Morgan fingerprint density at radius 3 is 2.88 bits per heavy atom. The van der Waals surface area contributed by atoms with Gasteiger partial charge in [0.1, 0.15) is 30.7 Å². The fourth-order valence-electron chi connectivity index (χ4n) is 4.15. The lowest BCUT2D eigenvalue weighted by Gasteiger charge is -2.33. The molecular formula is C21H19ClFN3O5S. The molecule has 0 unspecified atom stereocenters. The van der Waals surface area contributed by atoms with Gasteiger partial charge in [0.2, 0.25) is 5.91 Å². The van der Waals surface area contributed by atoms with E-state index in [-0.39, 0.29) is 37.8 Å². The first-order valence-corrected chi connectivity index (χ1v) is 11.3. The molecule has 1 aromatic carbocycles. The minimum Gasteiger partial charge on any atom is -0.489 e. The van der Waals surface area contributed by atoms with Crippen molar-refractivity contribution in [1.82, 2.24) is 5.32 Å². The molecule has 1 aromatic heterocycles. The molecule has 1 N–H and O–H groups in total. The van der Waals surface area contributed by atoms with Crippen LogP contribution in [0.5, 0.6) is 5.75 Å². The van der Waals surface area contributed by atoms with Crippen LogP contribution in [0.3, 0.4) is 0 Å². The molecule has 0 saturated carbocycles. The average molecular weight is 480 g/mol. The zero-order valence-corrected chi connectivity index (χ0v) is 18.3. The van der Waals surface area contributed by atoms with E-state index in [0.29, 0.717) is 32.9 Å². The number of hydrogen-bond donors (Lipinski definition) is 1. The number of benzene rings is 1. The lowest BCUT2D eigenvalue weighted by Crippen LogP contribution is -2.48. The highest BCUT2D eigenvalue weighted by molar-refractivity contribution is 7.18. The molecular weight excluding hydrogens is 461 g/mol. The van der Waals surface area contributed by atoms with Crippen molar-refractivity contribution in [3.63, 3.8) is 0 Å². The van der Waals surface area contributed by atoms with E-state index in [2.05, 4.69) is 5.32 Å². The molecule has 32 heavy (non-hydrogen) atoms. The quantitative estimate of drug-likeness (QED) is 0.726. The van der Waals surface area contributed by atoms with E-state index in [1.165, 1.54) is 21.1 Å². The number of rotatable bonds is 4. The molecule has 5 rings (SSSR count). The molecule has 168 valence electrons. The lowest BCUT2D eigenvalue weighted by atomic mass is 10.1. The van der Waals surface area contributed by atoms with Gasteiger partial charge in [0.15, 0.2) is 0 Å². The highest BCUT2D eigenvalue weighted by Gasteiger charge is 2.46. The Labute approximate surface area is 191 Å². The number of hydrogen-bond acceptors (Lipinski definition) is 6. The second-order valence-corrected chi connectivity index (χ2v) is 9.49. The van der Waals surface area contributed by atoms with E-state index in [1.54, 1.807) is 30.3 Å². The monoisotopic (exact) mass is 479 g/mol. The third-order valence-electron chi connectivity index (χ3n) is 5.76. The highest BCUT2D eigenvalue weighted by atomic mass is 35.5. The molecule has 2 aromatic rings. The molecule has 2 fully saturated rings. The molecule has 3 aliphatic rings. The molecule has 0 bridgehead atoms. The van der Waals surface area contributed by atoms with Crippen molar-refractivity contribution in [2.24, 2.45) is 0 Å². The van der Waals surface area contributed by atoms with E-state index in [0.717, 1.165) is 0 Å². The number of halogens is 2. The van der Waals surface area contributed by atoms with Gasteiger partial charge in [-0.1, -0.05) is 11.6 Å². The molecule has 3 atom stereocenters. The van der Waals surface area contributed by atoms with Gasteiger partial charge < -0.3 is 19.7 Å². The summed E-state index contributed by atoms with van der Waals surface area (Å²) >= 11 is 7.04. The molecule has 8 nitrogen and oxygen atoms in total. The number of piperidine rings is 1. The number of fused-ring (bicyclic) bond motifs is 3. The van der Waals surface area contributed by atoms with Crippen molar-refractivity contribution >= 4 is 52.2 Å². The van der Waals surface area contributed by atoms with Crippen LogP contribution in [0.2, 0.25) is 4.34 Å². The maximum Gasteiger partial charge on any atom is 0.415 e. The molecule has 0 aliphatic carbocycles. The highest BCUT2D eigenvalue weighted by Crippen LogP contribution is 2.41. The van der Waals surface area contributed by atoms with E-state index in [4.69, 9.17) is 21.1 Å². The predicted molar refractivity (Wildman–Crippen MR) is 117 cm³/mol. The number of cyclic esters (lactones) is 1. The second kappa shape index (κ2) is 8.25. The Morgan fingerprint density at radius 1 is 1.28 bits per heavy atom. The second-order valence-electron chi connectivity index (χ2n) is 7.77. The first-order chi connectivity index (χ1) is 15.4. The fraction of sp³-hybridized carbons (Fsp3) is 0.381. The maximum absolute atomic E-state index is 13.5. The van der Waals surface area contributed by atoms with Crippen LogP contribution >= 0.6 is 22.9 Å². The molecule has 3 amide bonds. The number of carbonyl (C=O) groups is 3. The zero-order chi connectivity index (χ0) is 22.4. The van der Waals surface area contributed by atoms with Gasteiger partial charge in [0, 0.05) is 18.3 Å². The van der Waals surface area contributed by atoms with Gasteiger partial charge in [0.05, 0.1) is 27.9 Å². The van der Waals surface area contributed by atoms with Crippen molar-refractivity contribution in [2.45, 2.75) is 31.2 Å². The molecule has 0 spiro atoms. The van der Waals surface area contributed by atoms with E-state index < -0.39 is 24.4 Å². The Kier molecular flexibility index (Phi) is 5.42. The summed E-state index contributed by atoms with van der Waals surface area (Å²) in [5.41, 5.74) is 1.13. The van der Waals surface area contributed by atoms with Gasteiger partial charge in [-0.2, -0.15) is 0 Å². The average Bonchev–Trinajstić information content (AvgIpc) is 3.35. The smallest absolute Gasteiger partial charge is 0.415 e. The number of alkyl halides is 1. The first-order valence-electron chi connectivity index (χ1n) is 10.2. The third-order valence-corrected chi connectivity index (χ3v) is 6.99. The van der Waals surface area contributed by atoms with Crippen LogP contribution in [0, 0.1) is 0 Å². The number of thiophene rings is 1. The van der Waals surface area contributed by atoms with Gasteiger partial charge >= 0.3 is 6.09 Å². The van der Waals surface area contributed by atoms with Crippen LogP contribution in [-0.4, -0.2) is 55.9 Å². The van der Waals surface area contributed by atoms with E-state index >= 15 is 0 Å². The number of nitrogens with zero attached hydrogens (tertiary/aromatic N) is 2. The number of nitrogens with one attached hydrogen (secondary N) is 1. The van der Waals surface area contributed by atoms with Gasteiger partial charge in [0.25, 0.3) is 5.91 Å². The summed E-state index contributed by atoms with van der Waals surface area (Å²) in [6.45, 7) is 0.600. The SMILES string of the molecule is O=C(NC[C@@H]1OC(=O)N2c3ccc(N4CC[C@H](F)CC4=O)cc3OC[C@@H]12)c1ccc(Cl)s1. The van der Waals surface area contributed by atoms with Gasteiger partial charge in [-0.15, -0.1) is 11.3 Å². The van der Waals surface area contributed by atoms with Crippen LogP contribution in [0.15, 0.2) is 30.3 Å². The van der Waals surface area contributed by atoms with E-state index in [9.17, 15) is 18.8 Å². The summed E-state index contributed by atoms with van der Waals surface area (Å²) in [5, 5.41) is 2.77. The number of anilines is 2. The minimum absolute atomic E-state index is 0.130. The summed E-state index contributed by atoms with van der Waals surface area (Å²) in [6.07, 6.45) is -2.07. The van der Waals surface area contributed by atoms with Crippen molar-refractivity contribution in [3.8, 4) is 5.75 Å². The van der Waals surface area contributed by atoms with Crippen LogP contribution in [-0.2, 0) is 9.53 Å². The fourth-order valence-corrected chi connectivity index (χ4v) is 5.11. The molecule has 3 aliphatic heterocycles. The predicted octanol–water partition coefficient (Wildman–Crippen LogP) is 3.38. The molecule has 11 heteroatoms. The van der Waals surface area contributed by atoms with Crippen molar-refractivity contribution in [3.05, 3.63) is 39.5 Å². The van der Waals surface area contributed by atoms with E-state index in [1.807, 2.05) is 0 Å². The van der Waals surface area contributed by atoms with Gasteiger partial charge in [-0.25, -0.2) is 9.18 Å². The first kappa shape index (κ1) is 21.0. The normalized spacial score (nSPS) is 24.5. The largest absolute Gasteiger partial charge is 0.489 e. The van der Waals surface area contributed by atoms with Crippen LogP contribution < -0.4 is 19.9 Å². The minimum atomic E-state index is -1.11. The van der Waals surface area contributed by atoms with Crippen LogP contribution in [0.4, 0.5) is 20.6 Å². The van der Waals surface area contributed by atoms with Crippen molar-refractivity contribution < 1.29 is 28.2 Å². The lowest BCUT2D eigenvalue weighted by molar-refractivity contribution is -0.120. The standard InChI is InChI=1S/C21H19ClFN3O5S/c22-18-4-3-17(32-18)20(28)24-9-16-14-10-30-15-8-12(25-6-5-11(23)7-19(25)27)1-2-13(15)26(14)21(29)31-16/h1-4,8,11,14,16H,5-7,9-10H2,(H,24,28)/t11-,14-,16-/m0/s1. The van der Waals surface area contributed by atoms with Crippen LogP contribution in [0.1, 0.15) is 22.5 Å². The Balaban J connectivity index is 1.29. The molecule has 4 heterocycles. The number of ether oxygens (including phenoxy) is 2. The summed E-state index contributed by atoms with van der Waals surface area (Å²) in [5.74, 6) is -0.121. The topological polar surface area (TPSA) is 88.2 Å². The third kappa shape index (κ3) is 3.77. The summed E-state index contributed by atoms with van der Waals surface area (Å²) in [6, 6.07) is 7.97. The summed E-state index contributed by atoms with van der Waals surface area (Å²) in [4.78, 5) is 40.6. The number of carbonyl (C=O) groups excluding carboxylic acids is 3. The van der Waals surface area contributed by atoms with Crippen molar-refractivity contribution in [1.29, 1.82) is 0 Å². The zero-order valence-electron chi connectivity index (χ0n) is 16.8. The molecule has 2 saturated heterocycles. The Morgan fingerprint density at radius 2 is 2.12 bits per heavy atom. The Hall–Kier alpha value is -2.85. The van der Waals surface area contributed by atoms with Crippen LogP contribution in [0.25, 0.3) is 0 Å². The van der Waals surface area contributed by atoms with Gasteiger partial charge in [-0.3, -0.25) is 14.5 Å². The summed E-state index contributed by atoms with van der Waals surface area (Å²) < 4.78 is 25.4. The Bertz CT molecular complexity index is 1100. The van der Waals surface area contributed by atoms with Crippen molar-refractivity contribution in [2.75, 3.05) is 29.5 Å². The number of amides is 3. The molecule has 0 radical (unpaired) electrons. The van der Waals surface area contributed by atoms with Gasteiger partial charge in [-0.05, 0) is 30.7 Å². The summed E-state index contributed by atoms with van der Waals surface area (Å²) in [7, 11) is 0. The maximum atomic E-state index is 13.5.